The first kappa shape index (κ1) is 19.4. The van der Waals surface area contributed by atoms with Crippen LogP contribution in [-0.2, 0) is 21.4 Å². The van der Waals surface area contributed by atoms with Gasteiger partial charge in [0.1, 0.15) is 17.3 Å². The van der Waals surface area contributed by atoms with Crippen molar-refractivity contribution >= 4 is 11.6 Å². The largest absolute Gasteiger partial charge is 0.508 e. The van der Waals surface area contributed by atoms with Gasteiger partial charge in [0, 0.05) is 12.8 Å². The van der Waals surface area contributed by atoms with Crippen LogP contribution in [0.15, 0.2) is 18.2 Å². The quantitative estimate of drug-likeness (QED) is 0.781. The number of carbonyl (C=O) groups is 2. The van der Waals surface area contributed by atoms with Crippen LogP contribution >= 0.6 is 0 Å². The van der Waals surface area contributed by atoms with E-state index in [1.165, 1.54) is 0 Å². The third-order valence-electron chi connectivity index (χ3n) is 3.74. The lowest BCUT2D eigenvalue weighted by Crippen LogP contribution is -2.16. The maximum atomic E-state index is 12.0. The van der Waals surface area contributed by atoms with Gasteiger partial charge in [-0.3, -0.25) is 9.59 Å². The lowest BCUT2D eigenvalue weighted by atomic mass is 9.85. The SMILES string of the molecule is CC(C)(C)CC(=O)CC(=O)CCc1cc(C(C)(C)C)ccc1O. The van der Waals surface area contributed by atoms with Gasteiger partial charge >= 0.3 is 0 Å². The standard InChI is InChI=1S/C20H30O3/c1-19(2,3)13-17(22)12-16(21)9-7-14-11-15(20(4,5)6)8-10-18(14)23/h8,10-11,23H,7,9,12-13H2,1-6H3. The Bertz CT molecular complexity index is 572. The maximum absolute atomic E-state index is 12.0. The summed E-state index contributed by atoms with van der Waals surface area (Å²) in [6.45, 7) is 12.3. The van der Waals surface area contributed by atoms with Gasteiger partial charge in [-0.2, -0.15) is 0 Å². The summed E-state index contributed by atoms with van der Waals surface area (Å²) < 4.78 is 0. The van der Waals surface area contributed by atoms with Gasteiger partial charge in [0.05, 0.1) is 6.42 Å². The normalized spacial score (nSPS) is 12.3. The first-order chi connectivity index (χ1) is 10.4. The maximum Gasteiger partial charge on any atom is 0.140 e. The summed E-state index contributed by atoms with van der Waals surface area (Å²) in [4.78, 5) is 23.9. The highest BCUT2D eigenvalue weighted by Gasteiger charge is 2.19. The third kappa shape index (κ3) is 6.98. The Kier molecular flexibility index (Phi) is 6.15. The van der Waals surface area contributed by atoms with Crippen LogP contribution in [0.4, 0.5) is 0 Å². The highest BCUT2D eigenvalue weighted by Crippen LogP contribution is 2.28. The monoisotopic (exact) mass is 318 g/mol. The first-order valence-corrected chi connectivity index (χ1v) is 8.24. The molecule has 0 radical (unpaired) electrons. The van der Waals surface area contributed by atoms with Gasteiger partial charge in [0.15, 0.2) is 0 Å². The number of Topliss-reactive ketones (excluding diaryl/α,β-unsaturated/α-hetero) is 2. The Hall–Kier alpha value is -1.64. The van der Waals surface area contributed by atoms with Crippen molar-refractivity contribution in [3.8, 4) is 5.75 Å². The van der Waals surface area contributed by atoms with Gasteiger partial charge in [-0.15, -0.1) is 0 Å². The van der Waals surface area contributed by atoms with Gasteiger partial charge < -0.3 is 5.11 Å². The van der Waals surface area contributed by atoms with E-state index in [1.54, 1.807) is 6.07 Å². The predicted octanol–water partition coefficient (Wildman–Crippen LogP) is 4.59. The van der Waals surface area contributed by atoms with Crippen molar-refractivity contribution in [2.75, 3.05) is 0 Å². The Morgan fingerprint density at radius 2 is 1.61 bits per heavy atom. The van der Waals surface area contributed by atoms with Crippen LogP contribution in [-0.4, -0.2) is 16.7 Å². The molecule has 0 aliphatic heterocycles. The van der Waals surface area contributed by atoms with E-state index >= 15 is 0 Å². The number of hydrogen-bond acceptors (Lipinski definition) is 3. The van der Waals surface area contributed by atoms with Crippen molar-refractivity contribution < 1.29 is 14.7 Å². The average Bonchev–Trinajstić information content (AvgIpc) is 2.33. The van der Waals surface area contributed by atoms with E-state index in [-0.39, 0.29) is 41.0 Å². The molecule has 0 unspecified atom stereocenters. The minimum Gasteiger partial charge on any atom is -0.508 e. The fourth-order valence-electron chi connectivity index (χ4n) is 2.49. The molecule has 1 rings (SSSR count). The number of ketones is 2. The number of phenols is 1. The molecule has 0 saturated heterocycles. The molecule has 0 aliphatic rings. The van der Waals surface area contributed by atoms with E-state index in [0.717, 1.165) is 11.1 Å². The van der Waals surface area contributed by atoms with Crippen molar-refractivity contribution in [1.82, 2.24) is 0 Å². The molecule has 3 nitrogen and oxygen atoms in total. The smallest absolute Gasteiger partial charge is 0.140 e. The lowest BCUT2D eigenvalue weighted by Gasteiger charge is -2.20. The van der Waals surface area contributed by atoms with Gasteiger partial charge in [0.2, 0.25) is 0 Å². The van der Waals surface area contributed by atoms with Gasteiger partial charge in [-0.1, -0.05) is 53.7 Å². The van der Waals surface area contributed by atoms with Crippen LogP contribution in [0.3, 0.4) is 0 Å². The molecular formula is C20H30O3. The van der Waals surface area contributed by atoms with Crippen LogP contribution in [0.5, 0.6) is 5.75 Å². The van der Waals surface area contributed by atoms with Gasteiger partial charge in [-0.05, 0) is 34.4 Å². The number of aryl methyl sites for hydroxylation is 1. The Morgan fingerprint density at radius 1 is 1.00 bits per heavy atom. The molecule has 3 heteroatoms. The Morgan fingerprint density at radius 3 is 2.13 bits per heavy atom. The molecule has 0 saturated carbocycles. The second-order valence-electron chi connectivity index (χ2n) is 8.59. The molecule has 1 N–H and O–H groups in total. The van der Waals surface area contributed by atoms with Crippen LogP contribution in [0, 0.1) is 5.41 Å². The van der Waals surface area contributed by atoms with Crippen molar-refractivity contribution in [2.24, 2.45) is 5.41 Å². The van der Waals surface area contributed by atoms with Crippen molar-refractivity contribution in [3.63, 3.8) is 0 Å². The van der Waals surface area contributed by atoms with E-state index in [1.807, 2.05) is 32.9 Å². The molecule has 0 spiro atoms. The summed E-state index contributed by atoms with van der Waals surface area (Å²) in [5, 5.41) is 9.97. The van der Waals surface area contributed by atoms with E-state index in [9.17, 15) is 14.7 Å². The molecule has 0 aromatic heterocycles. The topological polar surface area (TPSA) is 54.4 Å². The van der Waals surface area contributed by atoms with Crippen LogP contribution in [0.2, 0.25) is 0 Å². The second-order valence-corrected chi connectivity index (χ2v) is 8.59. The second kappa shape index (κ2) is 7.29. The predicted molar refractivity (Wildman–Crippen MR) is 93.8 cm³/mol. The lowest BCUT2D eigenvalue weighted by molar-refractivity contribution is -0.127. The molecule has 0 bridgehead atoms. The van der Waals surface area contributed by atoms with Crippen molar-refractivity contribution in [1.29, 1.82) is 0 Å². The Labute approximate surface area is 140 Å². The molecule has 0 heterocycles. The number of rotatable bonds is 6. The zero-order chi connectivity index (χ0) is 17.8. The molecule has 128 valence electrons. The van der Waals surface area contributed by atoms with Crippen LogP contribution in [0.1, 0.15) is 71.9 Å². The highest BCUT2D eigenvalue weighted by atomic mass is 16.3. The molecule has 0 fully saturated rings. The van der Waals surface area contributed by atoms with E-state index in [4.69, 9.17) is 0 Å². The zero-order valence-corrected chi connectivity index (χ0v) is 15.3. The van der Waals surface area contributed by atoms with E-state index in [0.29, 0.717) is 12.8 Å². The van der Waals surface area contributed by atoms with Gasteiger partial charge in [-0.25, -0.2) is 0 Å². The zero-order valence-electron chi connectivity index (χ0n) is 15.3. The Balaban J connectivity index is 2.64. The molecule has 0 atom stereocenters. The summed E-state index contributed by atoms with van der Waals surface area (Å²) in [7, 11) is 0. The summed E-state index contributed by atoms with van der Waals surface area (Å²) in [5.74, 6) is 0.154. The number of aromatic hydroxyl groups is 1. The first-order valence-electron chi connectivity index (χ1n) is 8.24. The van der Waals surface area contributed by atoms with Crippen LogP contribution < -0.4 is 0 Å². The molecule has 1 aromatic rings. The number of carbonyl (C=O) groups excluding carboxylic acids is 2. The summed E-state index contributed by atoms with van der Waals surface area (Å²) in [5.41, 5.74) is 1.81. The fraction of sp³-hybridized carbons (Fsp3) is 0.600. The summed E-state index contributed by atoms with van der Waals surface area (Å²) >= 11 is 0. The summed E-state index contributed by atoms with van der Waals surface area (Å²) in [6.07, 6.45) is 1.18. The summed E-state index contributed by atoms with van der Waals surface area (Å²) in [6, 6.07) is 5.55. The van der Waals surface area contributed by atoms with Crippen LogP contribution in [0.25, 0.3) is 0 Å². The highest BCUT2D eigenvalue weighted by molar-refractivity contribution is 5.99. The number of hydrogen-bond donors (Lipinski definition) is 1. The number of phenolic OH excluding ortho intramolecular Hbond substituents is 1. The van der Waals surface area contributed by atoms with Crippen molar-refractivity contribution in [3.05, 3.63) is 29.3 Å². The molecular weight excluding hydrogens is 288 g/mol. The van der Waals surface area contributed by atoms with Crippen molar-refractivity contribution in [2.45, 2.75) is 72.6 Å². The minimum atomic E-state index is -0.0866. The van der Waals surface area contributed by atoms with Gasteiger partial charge in [0.25, 0.3) is 0 Å². The number of benzene rings is 1. The average molecular weight is 318 g/mol. The van der Waals surface area contributed by atoms with E-state index in [2.05, 4.69) is 20.8 Å². The van der Waals surface area contributed by atoms with E-state index < -0.39 is 0 Å². The molecule has 0 amide bonds. The molecule has 23 heavy (non-hydrogen) atoms. The fourth-order valence-corrected chi connectivity index (χ4v) is 2.49. The third-order valence-corrected chi connectivity index (χ3v) is 3.74. The minimum absolute atomic E-state index is 0.00298. The molecule has 1 aromatic carbocycles. The molecule has 0 aliphatic carbocycles.